The summed E-state index contributed by atoms with van der Waals surface area (Å²) < 4.78 is 28.1. The highest BCUT2D eigenvalue weighted by atomic mass is 79.9. The molecule has 0 aliphatic rings. The van der Waals surface area contributed by atoms with E-state index >= 15 is 0 Å². The van der Waals surface area contributed by atoms with E-state index in [9.17, 15) is 8.42 Å². The number of nitrogen functional groups attached to an aromatic ring is 1. The van der Waals surface area contributed by atoms with Crippen molar-refractivity contribution in [3.8, 4) is 0 Å². The molecule has 19 heavy (non-hydrogen) atoms. The van der Waals surface area contributed by atoms with Crippen LogP contribution < -0.4 is 10.5 Å². The molecule has 0 unspecified atom stereocenters. The molecule has 1 heterocycles. The number of sulfonamides is 1. The zero-order chi connectivity index (χ0) is 14.0. The minimum atomic E-state index is -3.53. The van der Waals surface area contributed by atoms with Crippen molar-refractivity contribution < 1.29 is 8.42 Å². The molecule has 2 rings (SSSR count). The Morgan fingerprint density at radius 3 is 2.37 bits per heavy atom. The van der Waals surface area contributed by atoms with Gasteiger partial charge in [-0.25, -0.2) is 13.1 Å². The van der Waals surface area contributed by atoms with Crippen molar-refractivity contribution in [2.45, 2.75) is 11.4 Å². The normalized spacial score (nSPS) is 11.7. The average Bonchev–Trinajstić information content (AvgIpc) is 2.69. The van der Waals surface area contributed by atoms with Gasteiger partial charge in [0.05, 0.1) is 7.57 Å². The highest BCUT2D eigenvalue weighted by molar-refractivity contribution is 9.12. The molecule has 8 heteroatoms. The van der Waals surface area contributed by atoms with E-state index < -0.39 is 10.0 Å². The van der Waals surface area contributed by atoms with E-state index in [1.807, 2.05) is 0 Å². The van der Waals surface area contributed by atoms with E-state index in [1.165, 1.54) is 11.3 Å². The average molecular weight is 426 g/mol. The Kier molecular flexibility index (Phi) is 4.67. The summed E-state index contributed by atoms with van der Waals surface area (Å²) in [6.45, 7) is 0.225. The van der Waals surface area contributed by atoms with Gasteiger partial charge in [-0.2, -0.15) is 0 Å². The standard InChI is InChI=1S/C11H10Br2N2O2S2/c12-10-5-9(11(13)18-10)19(16,17)15-6-7-1-3-8(14)4-2-7/h1-5,15H,6,14H2. The summed E-state index contributed by atoms with van der Waals surface area (Å²) in [5.41, 5.74) is 7.07. The molecular weight excluding hydrogens is 416 g/mol. The molecule has 0 aliphatic carbocycles. The molecule has 0 saturated heterocycles. The van der Waals surface area contributed by atoms with Gasteiger partial charge in [0.15, 0.2) is 0 Å². The lowest BCUT2D eigenvalue weighted by Gasteiger charge is -2.06. The van der Waals surface area contributed by atoms with Gasteiger partial charge in [-0.15, -0.1) is 11.3 Å². The minimum Gasteiger partial charge on any atom is -0.399 e. The maximum Gasteiger partial charge on any atom is 0.242 e. The number of halogens is 2. The summed E-state index contributed by atoms with van der Waals surface area (Å²) in [5.74, 6) is 0. The largest absolute Gasteiger partial charge is 0.399 e. The number of hydrogen-bond acceptors (Lipinski definition) is 4. The first-order chi connectivity index (χ1) is 8.88. The predicted octanol–water partition coefficient (Wildman–Crippen LogP) is 3.33. The Hall–Kier alpha value is -0.410. The lowest BCUT2D eigenvalue weighted by atomic mass is 10.2. The molecule has 0 atom stereocenters. The van der Waals surface area contributed by atoms with Gasteiger partial charge in [0.25, 0.3) is 0 Å². The first kappa shape index (κ1) is 15.0. The maximum absolute atomic E-state index is 12.1. The molecule has 0 spiro atoms. The number of benzene rings is 1. The number of nitrogens with two attached hydrogens (primary N) is 1. The SMILES string of the molecule is Nc1ccc(CNS(=O)(=O)c2cc(Br)sc2Br)cc1. The van der Waals surface area contributed by atoms with Crippen molar-refractivity contribution in [3.05, 3.63) is 43.5 Å². The summed E-state index contributed by atoms with van der Waals surface area (Å²) in [6.07, 6.45) is 0. The second-order valence-corrected chi connectivity index (χ2v) is 9.24. The first-order valence-electron chi connectivity index (χ1n) is 5.17. The number of nitrogens with one attached hydrogen (secondary N) is 1. The van der Waals surface area contributed by atoms with Crippen LogP contribution >= 0.6 is 43.2 Å². The molecule has 0 saturated carbocycles. The van der Waals surface area contributed by atoms with Crippen molar-refractivity contribution in [1.82, 2.24) is 4.72 Å². The van der Waals surface area contributed by atoms with E-state index in [2.05, 4.69) is 36.6 Å². The summed E-state index contributed by atoms with van der Waals surface area (Å²) >= 11 is 7.82. The molecule has 102 valence electrons. The van der Waals surface area contributed by atoms with Gasteiger partial charge in [0.1, 0.15) is 4.90 Å². The first-order valence-corrected chi connectivity index (χ1v) is 9.06. The highest BCUT2D eigenvalue weighted by Crippen LogP contribution is 2.34. The number of rotatable bonds is 4. The van der Waals surface area contributed by atoms with Crippen LogP contribution in [-0.4, -0.2) is 8.42 Å². The minimum absolute atomic E-state index is 0.225. The quantitative estimate of drug-likeness (QED) is 0.737. The van der Waals surface area contributed by atoms with Crippen LogP contribution in [0.2, 0.25) is 0 Å². The van der Waals surface area contributed by atoms with Crippen molar-refractivity contribution in [2.24, 2.45) is 0 Å². The summed E-state index contributed by atoms with van der Waals surface area (Å²) in [4.78, 5) is 0.236. The van der Waals surface area contributed by atoms with Crippen LogP contribution in [0, 0.1) is 0 Å². The number of thiophene rings is 1. The Morgan fingerprint density at radius 1 is 1.21 bits per heavy atom. The lowest BCUT2D eigenvalue weighted by molar-refractivity contribution is 0.581. The van der Waals surface area contributed by atoms with E-state index in [0.29, 0.717) is 9.47 Å². The van der Waals surface area contributed by atoms with Crippen LogP contribution in [0.1, 0.15) is 5.56 Å². The van der Waals surface area contributed by atoms with Gasteiger partial charge in [0.2, 0.25) is 10.0 Å². The van der Waals surface area contributed by atoms with Crippen LogP contribution in [-0.2, 0) is 16.6 Å². The van der Waals surface area contributed by atoms with E-state index in [1.54, 1.807) is 30.3 Å². The van der Waals surface area contributed by atoms with Crippen molar-refractivity contribution in [2.75, 3.05) is 5.73 Å². The fourth-order valence-electron chi connectivity index (χ4n) is 1.40. The second kappa shape index (κ2) is 5.92. The monoisotopic (exact) mass is 424 g/mol. The van der Waals surface area contributed by atoms with Gasteiger partial charge in [0, 0.05) is 12.2 Å². The number of anilines is 1. The van der Waals surface area contributed by atoms with E-state index in [4.69, 9.17) is 5.73 Å². The van der Waals surface area contributed by atoms with Crippen molar-refractivity contribution in [1.29, 1.82) is 0 Å². The molecule has 1 aromatic heterocycles. The molecule has 1 aromatic carbocycles. The Balaban J connectivity index is 2.14. The third-order valence-corrected chi connectivity index (χ3v) is 6.52. The molecule has 3 N–H and O–H groups in total. The van der Waals surface area contributed by atoms with Gasteiger partial charge >= 0.3 is 0 Å². The highest BCUT2D eigenvalue weighted by Gasteiger charge is 2.20. The molecular formula is C11H10Br2N2O2S2. The smallest absolute Gasteiger partial charge is 0.242 e. The van der Waals surface area contributed by atoms with Crippen molar-refractivity contribution >= 4 is 58.9 Å². The summed E-state index contributed by atoms with van der Waals surface area (Å²) in [6, 6.07) is 8.62. The zero-order valence-electron chi connectivity index (χ0n) is 9.56. The lowest BCUT2D eigenvalue weighted by Crippen LogP contribution is -2.23. The summed E-state index contributed by atoms with van der Waals surface area (Å²) in [5, 5.41) is 0. The van der Waals surface area contributed by atoms with Crippen LogP contribution in [0.3, 0.4) is 0 Å². The zero-order valence-corrected chi connectivity index (χ0v) is 14.4. The van der Waals surface area contributed by atoms with Crippen LogP contribution in [0.15, 0.2) is 42.8 Å². The molecule has 0 radical (unpaired) electrons. The van der Waals surface area contributed by atoms with Gasteiger partial charge in [-0.1, -0.05) is 12.1 Å². The predicted molar refractivity (Wildman–Crippen MR) is 84.6 cm³/mol. The Bertz CT molecular complexity index is 681. The molecule has 0 amide bonds. The van der Waals surface area contributed by atoms with Gasteiger partial charge in [-0.05, 0) is 55.6 Å². The molecule has 0 fully saturated rings. The van der Waals surface area contributed by atoms with Crippen LogP contribution in [0.4, 0.5) is 5.69 Å². The molecule has 2 aromatic rings. The van der Waals surface area contributed by atoms with E-state index in [0.717, 1.165) is 9.35 Å². The molecule has 0 bridgehead atoms. The maximum atomic E-state index is 12.1. The van der Waals surface area contributed by atoms with Crippen LogP contribution in [0.25, 0.3) is 0 Å². The molecule has 4 nitrogen and oxygen atoms in total. The second-order valence-electron chi connectivity index (χ2n) is 3.75. The van der Waals surface area contributed by atoms with E-state index in [-0.39, 0.29) is 11.4 Å². The van der Waals surface area contributed by atoms with Crippen LogP contribution in [0.5, 0.6) is 0 Å². The fraction of sp³-hybridized carbons (Fsp3) is 0.0909. The summed E-state index contributed by atoms with van der Waals surface area (Å²) in [7, 11) is -3.53. The third-order valence-electron chi connectivity index (χ3n) is 2.36. The molecule has 0 aliphatic heterocycles. The topological polar surface area (TPSA) is 72.2 Å². The van der Waals surface area contributed by atoms with Gasteiger partial charge in [-0.3, -0.25) is 0 Å². The Labute approximate surface area is 132 Å². The van der Waals surface area contributed by atoms with Crippen molar-refractivity contribution in [3.63, 3.8) is 0 Å². The fourth-order valence-corrected chi connectivity index (χ4v) is 6.23. The van der Waals surface area contributed by atoms with Gasteiger partial charge < -0.3 is 5.73 Å². The number of hydrogen-bond donors (Lipinski definition) is 2. The Morgan fingerprint density at radius 2 is 1.84 bits per heavy atom. The third kappa shape index (κ3) is 3.79.